The largest absolute Gasteiger partial charge is 0.468 e. The average molecular weight is 251 g/mol. The Balaban J connectivity index is 3.15. The molecule has 0 spiro atoms. The van der Waals surface area contributed by atoms with E-state index in [1.165, 1.54) is 39.2 Å². The number of nitro benzene ring substituents is 1. The summed E-state index contributed by atoms with van der Waals surface area (Å²) in [6.45, 7) is 2.83. The Labute approximate surface area is 104 Å². The fourth-order valence-electron chi connectivity index (χ4n) is 1.47. The average Bonchev–Trinajstić information content (AvgIpc) is 2.36. The monoisotopic (exact) mass is 251 g/mol. The molecule has 0 bridgehead atoms. The first kappa shape index (κ1) is 13.8. The van der Waals surface area contributed by atoms with Crippen molar-refractivity contribution in [2.75, 3.05) is 7.11 Å². The van der Waals surface area contributed by atoms with Gasteiger partial charge in [-0.25, -0.2) is 0 Å². The van der Waals surface area contributed by atoms with E-state index in [9.17, 15) is 19.7 Å². The van der Waals surface area contributed by atoms with Gasteiger partial charge in [0.25, 0.3) is 5.69 Å². The standard InChI is InChI=1S/C12H13NO5/c1-12(2,11(15)18-3)10(14)8-5-4-6-9(7-8)13(16)17/h4-7H,1-3H3. The van der Waals surface area contributed by atoms with Crippen molar-refractivity contribution >= 4 is 17.4 Å². The second-order valence-electron chi connectivity index (χ2n) is 4.25. The fourth-order valence-corrected chi connectivity index (χ4v) is 1.47. The highest BCUT2D eigenvalue weighted by molar-refractivity contribution is 6.12. The quantitative estimate of drug-likeness (QED) is 0.268. The van der Waals surface area contributed by atoms with E-state index >= 15 is 0 Å². The van der Waals surface area contributed by atoms with Crippen LogP contribution >= 0.6 is 0 Å². The summed E-state index contributed by atoms with van der Waals surface area (Å²) in [6, 6.07) is 5.26. The summed E-state index contributed by atoms with van der Waals surface area (Å²) in [5.74, 6) is -1.20. The molecule has 1 aromatic carbocycles. The van der Waals surface area contributed by atoms with Crippen molar-refractivity contribution in [1.82, 2.24) is 0 Å². The molecule has 0 amide bonds. The molecule has 0 aliphatic rings. The van der Waals surface area contributed by atoms with Crippen LogP contribution in [0, 0.1) is 15.5 Å². The number of hydrogen-bond acceptors (Lipinski definition) is 5. The van der Waals surface area contributed by atoms with E-state index in [0.717, 1.165) is 6.07 Å². The molecular formula is C12H13NO5. The number of benzene rings is 1. The summed E-state index contributed by atoms with van der Waals surface area (Å²) in [4.78, 5) is 33.6. The highest BCUT2D eigenvalue weighted by atomic mass is 16.6. The number of hydrogen-bond donors (Lipinski definition) is 0. The number of Topliss-reactive ketones (excluding diaryl/α,β-unsaturated/α-hetero) is 1. The summed E-state index contributed by atoms with van der Waals surface area (Å²) in [5, 5.41) is 10.6. The molecule has 0 fully saturated rings. The molecule has 0 unspecified atom stereocenters. The van der Waals surface area contributed by atoms with Gasteiger partial charge in [-0.3, -0.25) is 19.7 Å². The Morgan fingerprint density at radius 3 is 2.44 bits per heavy atom. The first-order valence-corrected chi connectivity index (χ1v) is 5.18. The number of non-ortho nitro benzene ring substituents is 1. The van der Waals surface area contributed by atoms with Gasteiger partial charge in [-0.1, -0.05) is 12.1 Å². The third-order valence-corrected chi connectivity index (χ3v) is 2.58. The van der Waals surface area contributed by atoms with Crippen LogP contribution in [0.15, 0.2) is 24.3 Å². The Morgan fingerprint density at radius 2 is 1.94 bits per heavy atom. The minimum absolute atomic E-state index is 0.111. The second kappa shape index (κ2) is 4.95. The zero-order valence-electron chi connectivity index (χ0n) is 10.3. The molecule has 0 saturated carbocycles. The van der Waals surface area contributed by atoms with Gasteiger partial charge in [0.1, 0.15) is 5.41 Å². The highest BCUT2D eigenvalue weighted by Crippen LogP contribution is 2.25. The van der Waals surface area contributed by atoms with Gasteiger partial charge >= 0.3 is 5.97 Å². The van der Waals surface area contributed by atoms with Crippen LogP contribution < -0.4 is 0 Å². The molecule has 6 heteroatoms. The first-order chi connectivity index (χ1) is 8.30. The molecular weight excluding hydrogens is 238 g/mol. The molecule has 96 valence electrons. The van der Waals surface area contributed by atoms with Gasteiger partial charge < -0.3 is 4.74 Å². The lowest BCUT2D eigenvalue weighted by Gasteiger charge is -2.19. The fraction of sp³-hybridized carbons (Fsp3) is 0.333. The lowest BCUT2D eigenvalue weighted by Crippen LogP contribution is -2.34. The number of rotatable bonds is 4. The van der Waals surface area contributed by atoms with Crippen LogP contribution in [0.1, 0.15) is 24.2 Å². The van der Waals surface area contributed by atoms with Crippen LogP contribution in [0.25, 0.3) is 0 Å². The predicted octanol–water partition coefficient (Wildman–Crippen LogP) is 1.98. The lowest BCUT2D eigenvalue weighted by molar-refractivity contribution is -0.384. The molecule has 0 atom stereocenters. The maximum absolute atomic E-state index is 12.1. The zero-order chi connectivity index (χ0) is 13.9. The van der Waals surface area contributed by atoms with Gasteiger partial charge in [-0.2, -0.15) is 0 Å². The summed E-state index contributed by atoms with van der Waals surface area (Å²) in [5.41, 5.74) is -1.45. The van der Waals surface area contributed by atoms with Crippen molar-refractivity contribution < 1.29 is 19.2 Å². The Bertz CT molecular complexity index is 507. The maximum atomic E-state index is 12.1. The second-order valence-corrected chi connectivity index (χ2v) is 4.25. The number of ketones is 1. The molecule has 18 heavy (non-hydrogen) atoms. The van der Waals surface area contributed by atoms with E-state index in [-0.39, 0.29) is 11.3 Å². The van der Waals surface area contributed by atoms with Crippen molar-refractivity contribution in [3.05, 3.63) is 39.9 Å². The number of carbonyl (C=O) groups is 2. The number of methoxy groups -OCH3 is 1. The van der Waals surface area contributed by atoms with E-state index in [1.54, 1.807) is 0 Å². The molecule has 1 rings (SSSR count). The highest BCUT2D eigenvalue weighted by Gasteiger charge is 2.38. The number of carbonyl (C=O) groups excluding carboxylic acids is 2. The van der Waals surface area contributed by atoms with Crippen molar-refractivity contribution in [2.45, 2.75) is 13.8 Å². The summed E-state index contributed by atoms with van der Waals surface area (Å²) in [7, 11) is 1.19. The zero-order valence-corrected chi connectivity index (χ0v) is 10.3. The molecule has 0 saturated heterocycles. The number of esters is 1. The van der Waals surface area contributed by atoms with Crippen LogP contribution in [0.3, 0.4) is 0 Å². The Kier molecular flexibility index (Phi) is 3.80. The summed E-state index contributed by atoms with van der Waals surface area (Å²) >= 11 is 0. The van der Waals surface area contributed by atoms with E-state index in [1.807, 2.05) is 0 Å². The molecule has 0 aliphatic heterocycles. The lowest BCUT2D eigenvalue weighted by atomic mass is 9.84. The minimum Gasteiger partial charge on any atom is -0.468 e. The summed E-state index contributed by atoms with van der Waals surface area (Å²) < 4.78 is 4.54. The summed E-state index contributed by atoms with van der Waals surface area (Å²) in [6.07, 6.45) is 0. The number of ether oxygens (including phenoxy) is 1. The van der Waals surface area contributed by atoms with Crippen LogP contribution in [-0.2, 0) is 9.53 Å². The van der Waals surface area contributed by atoms with Crippen molar-refractivity contribution in [2.24, 2.45) is 5.41 Å². The first-order valence-electron chi connectivity index (χ1n) is 5.18. The van der Waals surface area contributed by atoms with Crippen LogP contribution in [0.5, 0.6) is 0 Å². The van der Waals surface area contributed by atoms with Gasteiger partial charge in [-0.15, -0.1) is 0 Å². The predicted molar refractivity (Wildman–Crippen MR) is 63.2 cm³/mol. The third kappa shape index (κ3) is 2.53. The van der Waals surface area contributed by atoms with Gasteiger partial charge in [0.2, 0.25) is 0 Å². The number of nitro groups is 1. The van der Waals surface area contributed by atoms with Crippen LogP contribution in [0.2, 0.25) is 0 Å². The minimum atomic E-state index is -1.37. The topological polar surface area (TPSA) is 86.5 Å². The molecule has 1 aromatic rings. The van der Waals surface area contributed by atoms with Crippen molar-refractivity contribution in [1.29, 1.82) is 0 Å². The third-order valence-electron chi connectivity index (χ3n) is 2.58. The molecule has 0 aromatic heterocycles. The Morgan fingerprint density at radius 1 is 1.33 bits per heavy atom. The van der Waals surface area contributed by atoms with E-state index in [0.29, 0.717) is 0 Å². The van der Waals surface area contributed by atoms with E-state index in [2.05, 4.69) is 4.74 Å². The smallest absolute Gasteiger partial charge is 0.319 e. The van der Waals surface area contributed by atoms with Gasteiger partial charge in [0, 0.05) is 17.7 Å². The SMILES string of the molecule is COC(=O)C(C)(C)C(=O)c1cccc([N+](=O)[O-])c1. The number of nitrogens with zero attached hydrogens (tertiary/aromatic N) is 1. The molecule has 0 N–H and O–H groups in total. The van der Waals surface area contributed by atoms with Crippen molar-refractivity contribution in [3.63, 3.8) is 0 Å². The van der Waals surface area contributed by atoms with E-state index < -0.39 is 22.1 Å². The van der Waals surface area contributed by atoms with Gasteiger partial charge in [0.05, 0.1) is 12.0 Å². The van der Waals surface area contributed by atoms with Crippen LogP contribution in [-0.4, -0.2) is 23.8 Å². The van der Waals surface area contributed by atoms with Crippen molar-refractivity contribution in [3.8, 4) is 0 Å². The van der Waals surface area contributed by atoms with Gasteiger partial charge in [0.15, 0.2) is 5.78 Å². The molecule has 0 aliphatic carbocycles. The molecule has 0 heterocycles. The maximum Gasteiger partial charge on any atom is 0.319 e. The van der Waals surface area contributed by atoms with E-state index in [4.69, 9.17) is 0 Å². The molecule has 6 nitrogen and oxygen atoms in total. The van der Waals surface area contributed by atoms with Gasteiger partial charge in [-0.05, 0) is 13.8 Å². The normalized spacial score (nSPS) is 10.8. The van der Waals surface area contributed by atoms with Crippen LogP contribution in [0.4, 0.5) is 5.69 Å². The Hall–Kier alpha value is -2.24. The molecule has 0 radical (unpaired) electrons.